The molecule has 1 aliphatic carbocycles. The van der Waals surface area contributed by atoms with Crippen LogP contribution in [-0.2, 0) is 12.1 Å². The number of hydrogen-bond donors (Lipinski definition) is 0. The van der Waals surface area contributed by atoms with Crippen LogP contribution in [0, 0.1) is 11.6 Å². The predicted molar refractivity (Wildman–Crippen MR) is 121 cm³/mol. The minimum Gasteiger partial charge on any atom is -0.296 e. The highest BCUT2D eigenvalue weighted by Crippen LogP contribution is 2.43. The lowest BCUT2D eigenvalue weighted by Crippen LogP contribution is -2.60. The average Bonchev–Trinajstić information content (AvgIpc) is 3.05. The number of piperazine rings is 1. The SMILES string of the molecule is O=C1c2ccccc2C(=O)C1(c1cccc(Cl)c1)N1CCN(Cc2cc(F)ccc2F)CC1. The van der Waals surface area contributed by atoms with E-state index in [0.29, 0.717) is 47.9 Å². The molecule has 0 amide bonds. The van der Waals surface area contributed by atoms with E-state index in [9.17, 15) is 18.4 Å². The number of hydrogen-bond acceptors (Lipinski definition) is 4. The molecular weight excluding hydrogens is 446 g/mol. The maximum atomic E-state index is 14.1. The Hall–Kier alpha value is -2.93. The van der Waals surface area contributed by atoms with Crippen LogP contribution in [0.1, 0.15) is 31.8 Å². The van der Waals surface area contributed by atoms with Crippen LogP contribution in [0.15, 0.2) is 66.7 Å². The molecule has 168 valence electrons. The summed E-state index contributed by atoms with van der Waals surface area (Å²) in [5.74, 6) is -1.44. The van der Waals surface area contributed by atoms with E-state index in [2.05, 4.69) is 0 Å². The summed E-state index contributed by atoms with van der Waals surface area (Å²) >= 11 is 6.26. The molecule has 1 heterocycles. The van der Waals surface area contributed by atoms with Gasteiger partial charge in [0.2, 0.25) is 0 Å². The molecule has 0 aromatic heterocycles. The minimum absolute atomic E-state index is 0.254. The second-order valence-corrected chi connectivity index (χ2v) is 8.86. The fourth-order valence-corrected chi connectivity index (χ4v) is 5.15. The third kappa shape index (κ3) is 3.59. The Morgan fingerprint density at radius 2 is 1.48 bits per heavy atom. The van der Waals surface area contributed by atoms with Gasteiger partial charge in [-0.3, -0.25) is 19.4 Å². The van der Waals surface area contributed by atoms with Gasteiger partial charge in [-0.15, -0.1) is 0 Å². The van der Waals surface area contributed by atoms with Crippen LogP contribution in [0.25, 0.3) is 0 Å². The molecular formula is C26H21ClF2N2O2. The first-order chi connectivity index (χ1) is 15.9. The van der Waals surface area contributed by atoms with Gasteiger partial charge in [-0.05, 0) is 35.9 Å². The maximum absolute atomic E-state index is 14.1. The molecule has 33 heavy (non-hydrogen) atoms. The first-order valence-electron chi connectivity index (χ1n) is 10.8. The lowest BCUT2D eigenvalue weighted by Gasteiger charge is -2.44. The molecule has 0 atom stereocenters. The second-order valence-electron chi connectivity index (χ2n) is 8.42. The highest BCUT2D eigenvalue weighted by molar-refractivity contribution is 6.34. The van der Waals surface area contributed by atoms with Gasteiger partial charge in [0.25, 0.3) is 0 Å². The van der Waals surface area contributed by atoms with Gasteiger partial charge in [0.15, 0.2) is 17.1 Å². The minimum atomic E-state index is -1.48. The third-order valence-electron chi connectivity index (χ3n) is 6.56. The van der Waals surface area contributed by atoms with Gasteiger partial charge in [-0.2, -0.15) is 0 Å². The number of rotatable bonds is 4. The molecule has 1 saturated heterocycles. The molecule has 0 saturated carbocycles. The molecule has 0 unspecified atom stereocenters. The third-order valence-corrected chi connectivity index (χ3v) is 6.80. The van der Waals surface area contributed by atoms with E-state index in [-0.39, 0.29) is 23.7 Å². The Labute approximate surface area is 195 Å². The molecule has 0 bridgehead atoms. The molecule has 7 heteroatoms. The molecule has 5 rings (SSSR count). The maximum Gasteiger partial charge on any atom is 0.196 e. The zero-order chi connectivity index (χ0) is 23.2. The van der Waals surface area contributed by atoms with E-state index in [1.54, 1.807) is 48.5 Å². The number of Topliss-reactive ketones (excluding diaryl/α,β-unsaturated/α-hetero) is 2. The van der Waals surface area contributed by atoms with Crippen LogP contribution in [0.4, 0.5) is 8.78 Å². The normalized spacial score (nSPS) is 18.5. The van der Waals surface area contributed by atoms with Gasteiger partial charge in [0.1, 0.15) is 11.6 Å². The van der Waals surface area contributed by atoms with Gasteiger partial charge in [-0.25, -0.2) is 8.78 Å². The van der Waals surface area contributed by atoms with Crippen molar-refractivity contribution in [1.29, 1.82) is 0 Å². The van der Waals surface area contributed by atoms with Crippen molar-refractivity contribution < 1.29 is 18.4 Å². The lowest BCUT2D eigenvalue weighted by molar-refractivity contribution is 0.0277. The van der Waals surface area contributed by atoms with E-state index >= 15 is 0 Å². The lowest BCUT2D eigenvalue weighted by atomic mass is 9.82. The van der Waals surface area contributed by atoms with Gasteiger partial charge in [0.05, 0.1) is 0 Å². The van der Waals surface area contributed by atoms with Crippen molar-refractivity contribution in [3.8, 4) is 0 Å². The van der Waals surface area contributed by atoms with Gasteiger partial charge in [0, 0.05) is 54.4 Å². The number of halogens is 3. The van der Waals surface area contributed by atoms with Crippen LogP contribution in [0.2, 0.25) is 5.02 Å². The topological polar surface area (TPSA) is 40.6 Å². The molecule has 1 aliphatic heterocycles. The van der Waals surface area contributed by atoms with Crippen molar-refractivity contribution in [3.05, 3.63) is 106 Å². The fourth-order valence-electron chi connectivity index (χ4n) is 4.96. The first kappa shape index (κ1) is 21.9. The summed E-state index contributed by atoms with van der Waals surface area (Å²) in [6.07, 6.45) is 0. The molecule has 0 spiro atoms. The Bertz CT molecular complexity index is 1220. The number of nitrogens with zero attached hydrogens (tertiary/aromatic N) is 2. The van der Waals surface area contributed by atoms with Crippen LogP contribution in [-0.4, -0.2) is 47.5 Å². The number of ketones is 2. The van der Waals surface area contributed by atoms with Gasteiger partial charge in [-0.1, -0.05) is 48.0 Å². The van der Waals surface area contributed by atoms with Gasteiger partial charge < -0.3 is 0 Å². The van der Waals surface area contributed by atoms with E-state index in [1.807, 2.05) is 9.80 Å². The standard InChI is InChI=1S/C26H21ClF2N2O2/c27-19-5-3-4-18(15-19)26(24(32)21-6-1-2-7-22(21)25(26)33)31-12-10-30(11-13-31)16-17-14-20(28)8-9-23(17)29/h1-9,14-15H,10-13,16H2. The summed E-state index contributed by atoms with van der Waals surface area (Å²) in [6, 6.07) is 17.2. The summed E-state index contributed by atoms with van der Waals surface area (Å²) in [4.78, 5) is 31.5. The van der Waals surface area contributed by atoms with E-state index in [4.69, 9.17) is 11.6 Å². The number of carbonyl (C=O) groups is 2. The number of benzene rings is 3. The van der Waals surface area contributed by atoms with Crippen LogP contribution < -0.4 is 0 Å². The smallest absolute Gasteiger partial charge is 0.196 e. The van der Waals surface area contributed by atoms with Crippen molar-refractivity contribution in [1.82, 2.24) is 9.80 Å². The Balaban J connectivity index is 1.47. The quantitative estimate of drug-likeness (QED) is 0.522. The van der Waals surface area contributed by atoms with Crippen LogP contribution >= 0.6 is 11.6 Å². The molecule has 0 N–H and O–H groups in total. The second kappa shape index (κ2) is 8.45. The van der Waals surface area contributed by atoms with Gasteiger partial charge >= 0.3 is 0 Å². The Morgan fingerprint density at radius 3 is 2.12 bits per heavy atom. The van der Waals surface area contributed by atoms with Crippen molar-refractivity contribution in [2.24, 2.45) is 0 Å². The van der Waals surface area contributed by atoms with E-state index in [1.165, 1.54) is 6.07 Å². The summed E-state index contributed by atoms with van der Waals surface area (Å²) in [5.41, 5.74) is 0.169. The van der Waals surface area contributed by atoms with Crippen LogP contribution in [0.5, 0.6) is 0 Å². The monoisotopic (exact) mass is 466 g/mol. The van der Waals surface area contributed by atoms with Crippen molar-refractivity contribution in [2.75, 3.05) is 26.2 Å². The zero-order valence-electron chi connectivity index (χ0n) is 17.7. The molecule has 1 fully saturated rings. The van der Waals surface area contributed by atoms with E-state index < -0.39 is 17.2 Å². The number of fused-ring (bicyclic) bond motifs is 1. The predicted octanol–water partition coefficient (Wildman–Crippen LogP) is 4.71. The largest absolute Gasteiger partial charge is 0.296 e. The summed E-state index contributed by atoms with van der Waals surface area (Å²) in [5, 5.41) is 0.448. The van der Waals surface area contributed by atoms with Crippen molar-refractivity contribution >= 4 is 23.2 Å². The van der Waals surface area contributed by atoms with E-state index in [0.717, 1.165) is 12.1 Å². The first-order valence-corrected chi connectivity index (χ1v) is 11.1. The molecule has 2 aliphatic rings. The molecule has 4 nitrogen and oxygen atoms in total. The highest BCUT2D eigenvalue weighted by Gasteiger charge is 2.58. The molecule has 3 aromatic rings. The summed E-state index contributed by atoms with van der Waals surface area (Å²) in [7, 11) is 0. The Morgan fingerprint density at radius 1 is 0.818 bits per heavy atom. The fraction of sp³-hybridized carbons (Fsp3) is 0.231. The zero-order valence-corrected chi connectivity index (χ0v) is 18.5. The highest BCUT2D eigenvalue weighted by atomic mass is 35.5. The average molecular weight is 467 g/mol. The Kier molecular flexibility index (Phi) is 5.60. The van der Waals surface area contributed by atoms with Crippen molar-refractivity contribution in [2.45, 2.75) is 12.1 Å². The number of carbonyl (C=O) groups excluding carboxylic acids is 2. The van der Waals surface area contributed by atoms with Crippen LogP contribution in [0.3, 0.4) is 0 Å². The molecule has 0 radical (unpaired) electrons. The molecule has 3 aromatic carbocycles. The summed E-state index contributed by atoms with van der Waals surface area (Å²) in [6.45, 7) is 2.07. The van der Waals surface area contributed by atoms with Crippen molar-refractivity contribution in [3.63, 3.8) is 0 Å². The summed E-state index contributed by atoms with van der Waals surface area (Å²) < 4.78 is 27.7.